The zero-order valence-electron chi connectivity index (χ0n) is 14.9. The largest absolute Gasteiger partial charge is 0.365 e. The molecule has 1 unspecified atom stereocenters. The minimum Gasteiger partial charge on any atom is -0.365 e. The van der Waals surface area contributed by atoms with Crippen LogP contribution in [-0.2, 0) is 17.6 Å². The first-order valence-electron chi connectivity index (χ1n) is 9.33. The number of amides is 2. The second-order valence-electron chi connectivity index (χ2n) is 7.29. The summed E-state index contributed by atoms with van der Waals surface area (Å²) < 4.78 is 0. The van der Waals surface area contributed by atoms with Gasteiger partial charge < -0.3 is 15.6 Å². The number of fused-ring (bicyclic) bond motifs is 3. The Bertz CT molecular complexity index is 899. The molecule has 0 bridgehead atoms. The van der Waals surface area contributed by atoms with E-state index >= 15 is 0 Å². The summed E-state index contributed by atoms with van der Waals surface area (Å²) in [4.78, 5) is 33.9. The third kappa shape index (κ3) is 2.69. The first-order chi connectivity index (χ1) is 12.6. The Morgan fingerprint density at radius 3 is 2.88 bits per heavy atom. The number of hydrogen-bond acceptors (Lipinski definition) is 3. The van der Waals surface area contributed by atoms with Crippen LogP contribution in [0, 0.1) is 0 Å². The van der Waals surface area contributed by atoms with E-state index in [4.69, 9.17) is 5.73 Å². The molecule has 26 heavy (non-hydrogen) atoms. The van der Waals surface area contributed by atoms with Crippen LogP contribution in [0.4, 0.5) is 0 Å². The molecule has 0 aromatic carbocycles. The van der Waals surface area contributed by atoms with E-state index in [-0.39, 0.29) is 11.8 Å². The summed E-state index contributed by atoms with van der Waals surface area (Å²) in [6.07, 6.45) is 9.18. The lowest BCUT2D eigenvalue weighted by Gasteiger charge is -2.32. The number of carbonyl (C=O) groups excluding carboxylic acids is 2. The molecule has 0 saturated carbocycles. The van der Waals surface area contributed by atoms with Crippen LogP contribution >= 0.6 is 0 Å². The maximum absolute atomic E-state index is 12.1. The number of pyridine rings is 1. The molecular weight excluding hydrogens is 328 g/mol. The van der Waals surface area contributed by atoms with Gasteiger partial charge in [0, 0.05) is 36.3 Å². The normalized spacial score (nSPS) is 20.0. The van der Waals surface area contributed by atoms with Gasteiger partial charge in [-0.05, 0) is 50.2 Å². The quantitative estimate of drug-likeness (QED) is 0.831. The molecule has 1 saturated heterocycles. The van der Waals surface area contributed by atoms with Gasteiger partial charge in [0.05, 0.1) is 16.8 Å². The number of nitrogens with one attached hydrogen (secondary N) is 1. The van der Waals surface area contributed by atoms with Crippen molar-refractivity contribution in [1.29, 1.82) is 0 Å². The highest BCUT2D eigenvalue weighted by molar-refractivity contribution is 6.06. The number of aromatic amines is 1. The minimum atomic E-state index is -0.459. The highest BCUT2D eigenvalue weighted by atomic mass is 16.2. The van der Waals surface area contributed by atoms with Crippen molar-refractivity contribution in [3.63, 3.8) is 0 Å². The number of likely N-dealkylation sites (tertiary alicyclic amines) is 1. The van der Waals surface area contributed by atoms with Crippen molar-refractivity contribution in [2.75, 3.05) is 13.1 Å². The summed E-state index contributed by atoms with van der Waals surface area (Å²) in [6.45, 7) is 5.00. The number of aromatic nitrogens is 2. The van der Waals surface area contributed by atoms with Crippen LogP contribution in [0.15, 0.2) is 18.9 Å². The fraction of sp³-hybridized carbons (Fsp3) is 0.450. The van der Waals surface area contributed by atoms with Crippen LogP contribution in [0.1, 0.15) is 58.9 Å². The first-order valence-corrected chi connectivity index (χ1v) is 9.33. The van der Waals surface area contributed by atoms with Gasteiger partial charge in [0.15, 0.2) is 0 Å². The topological polar surface area (TPSA) is 92.1 Å². The molecule has 4 rings (SSSR count). The molecule has 2 aliphatic rings. The van der Waals surface area contributed by atoms with E-state index in [0.717, 1.165) is 61.7 Å². The monoisotopic (exact) mass is 352 g/mol. The van der Waals surface area contributed by atoms with Gasteiger partial charge >= 0.3 is 0 Å². The molecule has 1 atom stereocenters. The van der Waals surface area contributed by atoms with Crippen LogP contribution < -0.4 is 5.73 Å². The highest BCUT2D eigenvalue weighted by Gasteiger charge is 2.29. The highest BCUT2D eigenvalue weighted by Crippen LogP contribution is 2.37. The van der Waals surface area contributed by atoms with E-state index < -0.39 is 5.91 Å². The molecule has 3 heterocycles. The van der Waals surface area contributed by atoms with E-state index in [1.807, 2.05) is 4.90 Å². The zero-order valence-corrected chi connectivity index (χ0v) is 14.9. The average molecular weight is 352 g/mol. The molecule has 1 aliphatic carbocycles. The molecule has 6 nitrogen and oxygen atoms in total. The fourth-order valence-electron chi connectivity index (χ4n) is 4.46. The van der Waals surface area contributed by atoms with Crippen LogP contribution in [0.5, 0.6) is 0 Å². The van der Waals surface area contributed by atoms with E-state index in [1.165, 1.54) is 17.3 Å². The molecule has 0 radical (unpaired) electrons. The van der Waals surface area contributed by atoms with E-state index in [9.17, 15) is 9.59 Å². The number of nitrogens with zero attached hydrogens (tertiary/aromatic N) is 2. The lowest BCUT2D eigenvalue weighted by molar-refractivity contribution is -0.127. The minimum absolute atomic E-state index is 0.0317. The summed E-state index contributed by atoms with van der Waals surface area (Å²) >= 11 is 0. The molecule has 1 fully saturated rings. The summed E-state index contributed by atoms with van der Waals surface area (Å²) in [6, 6.07) is 0. The van der Waals surface area contributed by atoms with Crippen LogP contribution in [-0.4, -0.2) is 39.8 Å². The average Bonchev–Trinajstić information content (AvgIpc) is 3.06. The third-order valence-corrected chi connectivity index (χ3v) is 5.71. The number of carbonyl (C=O) groups is 2. The van der Waals surface area contributed by atoms with Gasteiger partial charge in [-0.25, -0.2) is 0 Å². The van der Waals surface area contributed by atoms with Gasteiger partial charge in [-0.2, -0.15) is 0 Å². The Morgan fingerprint density at radius 2 is 2.12 bits per heavy atom. The number of nitrogens with two attached hydrogens (primary N) is 1. The maximum atomic E-state index is 12.1. The van der Waals surface area contributed by atoms with E-state index in [1.54, 1.807) is 6.20 Å². The molecule has 2 aromatic heterocycles. The Hall–Kier alpha value is -2.63. The Morgan fingerprint density at radius 1 is 1.31 bits per heavy atom. The van der Waals surface area contributed by atoms with Crippen molar-refractivity contribution < 1.29 is 9.59 Å². The first kappa shape index (κ1) is 16.8. The van der Waals surface area contributed by atoms with Crippen molar-refractivity contribution in [3.05, 3.63) is 41.4 Å². The summed E-state index contributed by atoms with van der Waals surface area (Å²) in [5.41, 5.74) is 10.3. The zero-order chi connectivity index (χ0) is 18.3. The predicted molar refractivity (Wildman–Crippen MR) is 100 cm³/mol. The van der Waals surface area contributed by atoms with Crippen molar-refractivity contribution in [2.45, 2.75) is 44.4 Å². The van der Waals surface area contributed by atoms with Gasteiger partial charge in [0.2, 0.25) is 5.91 Å². The van der Waals surface area contributed by atoms with Gasteiger partial charge in [-0.3, -0.25) is 14.6 Å². The second kappa shape index (κ2) is 6.59. The summed E-state index contributed by atoms with van der Waals surface area (Å²) in [7, 11) is 0. The maximum Gasteiger partial charge on any atom is 0.252 e. The molecule has 2 aromatic rings. The lowest BCUT2D eigenvalue weighted by Crippen LogP contribution is -2.38. The number of H-pyrrole nitrogens is 1. The van der Waals surface area contributed by atoms with Crippen LogP contribution in [0.3, 0.4) is 0 Å². The van der Waals surface area contributed by atoms with Gasteiger partial charge in [0.1, 0.15) is 0 Å². The van der Waals surface area contributed by atoms with Crippen molar-refractivity contribution in [2.24, 2.45) is 5.73 Å². The summed E-state index contributed by atoms with van der Waals surface area (Å²) in [5.74, 6) is -0.325. The summed E-state index contributed by atoms with van der Waals surface area (Å²) in [5, 5.41) is 1.06. The number of aryl methyl sites for hydroxylation is 2. The predicted octanol–water partition coefficient (Wildman–Crippen LogP) is 2.43. The van der Waals surface area contributed by atoms with Crippen molar-refractivity contribution in [1.82, 2.24) is 14.9 Å². The second-order valence-corrected chi connectivity index (χ2v) is 7.29. The molecule has 3 N–H and O–H groups in total. The number of hydrogen-bond donors (Lipinski definition) is 2. The van der Waals surface area contributed by atoms with Gasteiger partial charge in [-0.15, -0.1) is 0 Å². The Balaban J connectivity index is 1.83. The van der Waals surface area contributed by atoms with Crippen molar-refractivity contribution >= 4 is 22.7 Å². The molecule has 6 heteroatoms. The number of rotatable bonds is 3. The van der Waals surface area contributed by atoms with Crippen LogP contribution in [0.25, 0.3) is 10.9 Å². The van der Waals surface area contributed by atoms with Gasteiger partial charge in [-0.1, -0.05) is 6.58 Å². The SMILES string of the molecule is C=CC(=O)N1CCCC(c2ncc(C(N)=O)c3[nH]c4c(c23)CCCC4)C1. The molecule has 0 spiro atoms. The van der Waals surface area contributed by atoms with E-state index in [2.05, 4.69) is 16.5 Å². The standard InChI is InChI=1S/C20H24N4O2/c1-2-16(25)24-9-5-6-12(11-24)18-17-13-7-3-4-8-15(13)23-19(17)14(10-22-18)20(21)26/h2,10,12,23H,1,3-9,11H2,(H2,21,26). The van der Waals surface area contributed by atoms with Crippen LogP contribution in [0.2, 0.25) is 0 Å². The Kier molecular flexibility index (Phi) is 4.26. The molecular formula is C20H24N4O2. The third-order valence-electron chi connectivity index (χ3n) is 5.71. The van der Waals surface area contributed by atoms with Gasteiger partial charge in [0.25, 0.3) is 5.91 Å². The van der Waals surface area contributed by atoms with Crippen molar-refractivity contribution in [3.8, 4) is 0 Å². The number of primary amides is 1. The van der Waals surface area contributed by atoms with E-state index in [0.29, 0.717) is 12.1 Å². The lowest BCUT2D eigenvalue weighted by atomic mass is 9.88. The molecule has 1 aliphatic heterocycles. The smallest absolute Gasteiger partial charge is 0.252 e. The Labute approximate surface area is 152 Å². The fourth-order valence-corrected chi connectivity index (χ4v) is 4.46. The molecule has 136 valence electrons. The number of piperidine rings is 1. The molecule has 2 amide bonds.